The van der Waals surface area contributed by atoms with Gasteiger partial charge < -0.3 is 14.8 Å². The van der Waals surface area contributed by atoms with Gasteiger partial charge in [0, 0.05) is 5.56 Å². The van der Waals surface area contributed by atoms with E-state index < -0.39 is 0 Å². The molecule has 0 aromatic heterocycles. The van der Waals surface area contributed by atoms with Crippen LogP contribution in [0.2, 0.25) is 0 Å². The molecular weight excluding hydrogens is 266 g/mol. The number of benzene rings is 2. The second-order valence-electron chi connectivity index (χ2n) is 4.17. The lowest BCUT2D eigenvalue weighted by Gasteiger charge is -2.10. The molecule has 0 fully saturated rings. The molecule has 0 radical (unpaired) electrons. The standard InChI is InChI=1S/C17H15NO3/c1-3-12-21-14-10-8-13(9-11-14)17(19)18-15-6-4-5-7-16(15)20-2/h1,4-11H,12H2,2H3,(H,18,19). The summed E-state index contributed by atoms with van der Waals surface area (Å²) in [5.74, 6) is 3.40. The fourth-order valence-electron chi connectivity index (χ4n) is 1.77. The molecule has 1 amide bonds. The van der Waals surface area contributed by atoms with Gasteiger partial charge in [-0.3, -0.25) is 4.79 Å². The van der Waals surface area contributed by atoms with Gasteiger partial charge in [-0.1, -0.05) is 18.1 Å². The number of carbonyl (C=O) groups is 1. The molecule has 0 saturated carbocycles. The minimum Gasteiger partial charge on any atom is -0.495 e. The van der Waals surface area contributed by atoms with Crippen LogP contribution in [-0.4, -0.2) is 19.6 Å². The van der Waals surface area contributed by atoms with Crippen molar-refractivity contribution in [2.45, 2.75) is 0 Å². The number of anilines is 1. The van der Waals surface area contributed by atoms with Gasteiger partial charge in [-0.25, -0.2) is 0 Å². The van der Waals surface area contributed by atoms with Crippen molar-refractivity contribution < 1.29 is 14.3 Å². The first-order valence-electron chi connectivity index (χ1n) is 6.35. The Hall–Kier alpha value is -2.93. The highest BCUT2D eigenvalue weighted by molar-refractivity contribution is 6.05. The van der Waals surface area contributed by atoms with E-state index in [-0.39, 0.29) is 12.5 Å². The van der Waals surface area contributed by atoms with Crippen LogP contribution in [-0.2, 0) is 0 Å². The van der Waals surface area contributed by atoms with Crippen LogP contribution in [0.4, 0.5) is 5.69 Å². The minimum atomic E-state index is -0.219. The summed E-state index contributed by atoms with van der Waals surface area (Å²) in [6, 6.07) is 14.0. The molecule has 106 valence electrons. The molecule has 0 aliphatic heterocycles. The Kier molecular flexibility index (Phi) is 4.84. The van der Waals surface area contributed by atoms with Gasteiger partial charge in [-0.15, -0.1) is 6.42 Å². The number of para-hydroxylation sites is 2. The molecule has 2 aromatic rings. The number of methoxy groups -OCH3 is 1. The van der Waals surface area contributed by atoms with Crippen molar-refractivity contribution in [2.75, 3.05) is 19.0 Å². The van der Waals surface area contributed by atoms with Gasteiger partial charge in [-0.2, -0.15) is 0 Å². The van der Waals surface area contributed by atoms with Gasteiger partial charge in [0.25, 0.3) is 5.91 Å². The van der Waals surface area contributed by atoms with Crippen molar-refractivity contribution >= 4 is 11.6 Å². The summed E-state index contributed by atoms with van der Waals surface area (Å²) in [5.41, 5.74) is 1.15. The van der Waals surface area contributed by atoms with Crippen molar-refractivity contribution in [1.29, 1.82) is 0 Å². The molecule has 0 unspecified atom stereocenters. The summed E-state index contributed by atoms with van der Waals surface area (Å²) in [5, 5.41) is 2.80. The van der Waals surface area contributed by atoms with Gasteiger partial charge in [0.15, 0.2) is 0 Å². The number of hydrogen-bond donors (Lipinski definition) is 1. The molecule has 21 heavy (non-hydrogen) atoms. The highest BCUT2D eigenvalue weighted by Crippen LogP contribution is 2.24. The molecule has 2 aromatic carbocycles. The fourth-order valence-corrected chi connectivity index (χ4v) is 1.77. The Labute approximate surface area is 123 Å². The first-order valence-corrected chi connectivity index (χ1v) is 6.35. The summed E-state index contributed by atoms with van der Waals surface area (Å²) in [7, 11) is 1.56. The minimum absolute atomic E-state index is 0.201. The van der Waals surface area contributed by atoms with Crippen LogP contribution >= 0.6 is 0 Å². The molecule has 0 spiro atoms. The van der Waals surface area contributed by atoms with Crippen LogP contribution in [0.5, 0.6) is 11.5 Å². The number of terminal acetylenes is 1. The number of ether oxygens (including phenoxy) is 2. The summed E-state index contributed by atoms with van der Waals surface area (Å²) >= 11 is 0. The van der Waals surface area contributed by atoms with Crippen LogP contribution in [0.25, 0.3) is 0 Å². The van der Waals surface area contributed by atoms with Crippen molar-refractivity contribution in [3.05, 3.63) is 54.1 Å². The Bertz CT molecular complexity index is 656. The molecule has 0 bridgehead atoms. The summed E-state index contributed by atoms with van der Waals surface area (Å²) in [6.45, 7) is 0.201. The van der Waals surface area contributed by atoms with E-state index in [0.717, 1.165) is 0 Å². The first kappa shape index (κ1) is 14.5. The molecular formula is C17H15NO3. The number of hydrogen-bond acceptors (Lipinski definition) is 3. The molecule has 0 aliphatic rings. The molecule has 0 atom stereocenters. The van der Waals surface area contributed by atoms with Crippen LogP contribution < -0.4 is 14.8 Å². The van der Waals surface area contributed by atoms with Crippen LogP contribution in [0, 0.1) is 12.3 Å². The Morgan fingerprint density at radius 2 is 1.90 bits per heavy atom. The zero-order valence-electron chi connectivity index (χ0n) is 11.6. The predicted molar refractivity (Wildman–Crippen MR) is 81.7 cm³/mol. The van der Waals surface area contributed by atoms with E-state index in [0.29, 0.717) is 22.7 Å². The lowest BCUT2D eigenvalue weighted by molar-refractivity contribution is 0.102. The Morgan fingerprint density at radius 1 is 1.19 bits per heavy atom. The van der Waals surface area contributed by atoms with Crippen LogP contribution in [0.15, 0.2) is 48.5 Å². The predicted octanol–water partition coefficient (Wildman–Crippen LogP) is 2.96. The number of amides is 1. The highest BCUT2D eigenvalue weighted by atomic mass is 16.5. The second kappa shape index (κ2) is 7.01. The maximum absolute atomic E-state index is 12.2. The molecule has 4 nitrogen and oxygen atoms in total. The summed E-state index contributed by atoms with van der Waals surface area (Å²) in [6.07, 6.45) is 5.12. The number of rotatable bonds is 5. The average molecular weight is 281 g/mol. The van der Waals surface area contributed by atoms with Crippen molar-refractivity contribution in [3.63, 3.8) is 0 Å². The summed E-state index contributed by atoms with van der Waals surface area (Å²) in [4.78, 5) is 12.2. The van der Waals surface area contributed by atoms with Crippen LogP contribution in [0.3, 0.4) is 0 Å². The Balaban J connectivity index is 2.08. The van der Waals surface area contributed by atoms with Gasteiger partial charge >= 0.3 is 0 Å². The maximum Gasteiger partial charge on any atom is 0.255 e. The van der Waals surface area contributed by atoms with Gasteiger partial charge in [0.2, 0.25) is 0 Å². The zero-order chi connectivity index (χ0) is 15.1. The van der Waals surface area contributed by atoms with E-state index in [1.807, 2.05) is 12.1 Å². The van der Waals surface area contributed by atoms with E-state index in [9.17, 15) is 4.79 Å². The van der Waals surface area contributed by atoms with E-state index in [2.05, 4.69) is 11.2 Å². The zero-order valence-corrected chi connectivity index (χ0v) is 11.6. The quantitative estimate of drug-likeness (QED) is 0.857. The van der Waals surface area contributed by atoms with Crippen molar-refractivity contribution in [3.8, 4) is 23.8 Å². The topological polar surface area (TPSA) is 47.6 Å². The maximum atomic E-state index is 12.2. The molecule has 0 aliphatic carbocycles. The van der Waals surface area contributed by atoms with Crippen LogP contribution in [0.1, 0.15) is 10.4 Å². The molecule has 0 heterocycles. The van der Waals surface area contributed by atoms with E-state index in [4.69, 9.17) is 15.9 Å². The van der Waals surface area contributed by atoms with E-state index >= 15 is 0 Å². The molecule has 2 rings (SSSR count). The first-order chi connectivity index (χ1) is 10.2. The normalized spacial score (nSPS) is 9.52. The van der Waals surface area contributed by atoms with Crippen molar-refractivity contribution in [2.24, 2.45) is 0 Å². The average Bonchev–Trinajstić information content (AvgIpc) is 2.54. The van der Waals surface area contributed by atoms with Gasteiger partial charge in [-0.05, 0) is 36.4 Å². The largest absolute Gasteiger partial charge is 0.495 e. The third-order valence-electron chi connectivity index (χ3n) is 2.79. The summed E-state index contributed by atoms with van der Waals surface area (Å²) < 4.78 is 10.4. The van der Waals surface area contributed by atoms with E-state index in [1.54, 1.807) is 43.5 Å². The third kappa shape index (κ3) is 3.77. The molecule has 4 heteroatoms. The highest BCUT2D eigenvalue weighted by Gasteiger charge is 2.09. The van der Waals surface area contributed by atoms with Crippen molar-refractivity contribution in [1.82, 2.24) is 0 Å². The lowest BCUT2D eigenvalue weighted by Crippen LogP contribution is -2.12. The van der Waals surface area contributed by atoms with Gasteiger partial charge in [0.05, 0.1) is 12.8 Å². The molecule has 1 N–H and O–H groups in total. The monoisotopic (exact) mass is 281 g/mol. The van der Waals surface area contributed by atoms with E-state index in [1.165, 1.54) is 0 Å². The second-order valence-corrected chi connectivity index (χ2v) is 4.17. The SMILES string of the molecule is C#CCOc1ccc(C(=O)Nc2ccccc2OC)cc1. The fraction of sp³-hybridized carbons (Fsp3) is 0.118. The number of carbonyl (C=O) groups excluding carboxylic acids is 1. The third-order valence-corrected chi connectivity index (χ3v) is 2.79. The molecule has 0 saturated heterocycles. The smallest absolute Gasteiger partial charge is 0.255 e. The number of nitrogens with one attached hydrogen (secondary N) is 1. The van der Waals surface area contributed by atoms with Gasteiger partial charge in [0.1, 0.15) is 18.1 Å². The lowest BCUT2D eigenvalue weighted by atomic mass is 10.2. The Morgan fingerprint density at radius 3 is 2.57 bits per heavy atom.